The second-order valence-electron chi connectivity index (χ2n) is 6.99. The summed E-state index contributed by atoms with van der Waals surface area (Å²) in [6.45, 7) is 0. The van der Waals surface area contributed by atoms with E-state index in [1.165, 1.54) is 0 Å². The molecule has 11 heteroatoms. The molecule has 0 bridgehead atoms. The van der Waals surface area contributed by atoms with Crippen molar-refractivity contribution in [2.75, 3.05) is 0 Å². The van der Waals surface area contributed by atoms with Crippen LogP contribution in [-0.4, -0.2) is 19.5 Å². The molecule has 3 rings (SSSR count). The lowest BCUT2D eigenvalue weighted by molar-refractivity contribution is -0.144. The van der Waals surface area contributed by atoms with Gasteiger partial charge in [-0.15, -0.1) is 0 Å². The normalized spacial score (nSPS) is 15.4. The Labute approximate surface area is 177 Å². The smallest absolute Gasteiger partial charge is 0.292 e. The molecule has 1 fully saturated rings. The van der Waals surface area contributed by atoms with E-state index < -0.39 is 39.7 Å². The van der Waals surface area contributed by atoms with Crippen molar-refractivity contribution < 1.29 is 22.4 Å². The van der Waals surface area contributed by atoms with Crippen molar-refractivity contribution in [1.29, 1.82) is 0 Å². The number of carbonyl (C=O) groups is 1. The molecule has 0 saturated heterocycles. The molecule has 0 aliphatic heterocycles. The van der Waals surface area contributed by atoms with Gasteiger partial charge in [0.1, 0.15) is 11.5 Å². The van der Waals surface area contributed by atoms with Crippen molar-refractivity contribution in [3.63, 3.8) is 0 Å². The Morgan fingerprint density at radius 1 is 1.13 bits per heavy atom. The quantitative estimate of drug-likeness (QED) is 0.625. The van der Waals surface area contributed by atoms with Gasteiger partial charge in [-0.1, -0.05) is 42.6 Å². The molecule has 0 amide bonds. The number of hydrogen-bond donors (Lipinski definition) is 0. The van der Waals surface area contributed by atoms with Gasteiger partial charge in [-0.05, 0) is 25.0 Å². The molecule has 0 unspecified atom stereocenters. The monoisotopic (exact) mass is 464 g/mol. The summed E-state index contributed by atoms with van der Waals surface area (Å²) in [6.07, 6.45) is -0.175. The topological polar surface area (TPSA) is 61.1 Å². The molecule has 162 valence electrons. The SMILES string of the molecule is Cn1c(C(F)(F)F)cc(=O)n(-c2cc(C(=O)SC3CCCCC3)c(Cl)cc2F)c1=O. The van der Waals surface area contributed by atoms with Crippen LogP contribution in [0, 0.1) is 5.82 Å². The molecule has 1 saturated carbocycles. The molecule has 1 heterocycles. The number of benzene rings is 1. The van der Waals surface area contributed by atoms with E-state index in [2.05, 4.69) is 0 Å². The van der Waals surface area contributed by atoms with Gasteiger partial charge in [0.25, 0.3) is 5.56 Å². The van der Waals surface area contributed by atoms with E-state index in [1.807, 2.05) is 0 Å². The summed E-state index contributed by atoms with van der Waals surface area (Å²) in [6, 6.07) is 1.91. The molecule has 1 aromatic carbocycles. The van der Waals surface area contributed by atoms with E-state index in [-0.39, 0.29) is 31.0 Å². The van der Waals surface area contributed by atoms with Crippen molar-refractivity contribution in [1.82, 2.24) is 9.13 Å². The minimum atomic E-state index is -4.94. The molecule has 0 radical (unpaired) electrons. The van der Waals surface area contributed by atoms with Gasteiger partial charge in [-0.3, -0.25) is 14.2 Å². The van der Waals surface area contributed by atoms with Crippen LogP contribution in [0.3, 0.4) is 0 Å². The Morgan fingerprint density at radius 3 is 2.37 bits per heavy atom. The highest BCUT2D eigenvalue weighted by atomic mass is 35.5. The van der Waals surface area contributed by atoms with Crippen LogP contribution >= 0.6 is 23.4 Å². The molecule has 0 spiro atoms. The minimum Gasteiger partial charge on any atom is -0.292 e. The second-order valence-corrected chi connectivity index (χ2v) is 8.67. The van der Waals surface area contributed by atoms with Crippen LogP contribution in [0.1, 0.15) is 48.2 Å². The Morgan fingerprint density at radius 2 is 1.77 bits per heavy atom. The molecule has 0 atom stereocenters. The lowest BCUT2D eigenvalue weighted by Crippen LogP contribution is -2.41. The number of carbonyl (C=O) groups excluding carboxylic acids is 1. The first kappa shape index (κ1) is 22.6. The van der Waals surface area contributed by atoms with E-state index in [0.717, 1.165) is 63.0 Å². The van der Waals surface area contributed by atoms with Gasteiger partial charge >= 0.3 is 11.9 Å². The van der Waals surface area contributed by atoms with Gasteiger partial charge in [0.2, 0.25) is 5.12 Å². The predicted octanol–water partition coefficient (Wildman–Crippen LogP) is 4.55. The third kappa shape index (κ3) is 4.49. The zero-order valence-corrected chi connectivity index (χ0v) is 17.3. The third-order valence-electron chi connectivity index (χ3n) is 4.93. The molecular formula is C19H17ClF4N2O3S. The number of halogens is 5. The van der Waals surface area contributed by atoms with E-state index >= 15 is 0 Å². The fraction of sp³-hybridized carbons (Fsp3) is 0.421. The number of alkyl halides is 3. The first-order chi connectivity index (χ1) is 14.0. The first-order valence-electron chi connectivity index (χ1n) is 9.11. The number of hydrogen-bond acceptors (Lipinski definition) is 4. The minimum absolute atomic E-state index is 0.0810. The maximum atomic E-state index is 14.5. The number of rotatable bonds is 3. The summed E-state index contributed by atoms with van der Waals surface area (Å²) in [4.78, 5) is 37.4. The molecule has 0 N–H and O–H groups in total. The molecule has 1 aromatic heterocycles. The zero-order valence-electron chi connectivity index (χ0n) is 15.8. The molecule has 30 heavy (non-hydrogen) atoms. The van der Waals surface area contributed by atoms with E-state index in [0.29, 0.717) is 0 Å². The predicted molar refractivity (Wildman–Crippen MR) is 106 cm³/mol. The maximum Gasteiger partial charge on any atom is 0.431 e. The standard InChI is InChI=1S/C19H17ClF4N2O3S/c1-25-15(19(22,23)24)9-16(27)26(18(25)29)14-7-11(12(20)8-13(14)21)17(28)30-10-5-3-2-4-6-10/h7-10H,2-6H2,1H3. The van der Waals surface area contributed by atoms with Crippen LogP contribution in [0.5, 0.6) is 0 Å². The number of nitrogens with zero attached hydrogens (tertiary/aromatic N) is 2. The molecule has 1 aliphatic rings. The largest absolute Gasteiger partial charge is 0.431 e. The number of thioether (sulfide) groups is 1. The average molecular weight is 465 g/mol. The summed E-state index contributed by atoms with van der Waals surface area (Å²) in [5.74, 6) is -1.11. The van der Waals surface area contributed by atoms with E-state index in [1.54, 1.807) is 0 Å². The highest BCUT2D eigenvalue weighted by Gasteiger charge is 2.35. The summed E-state index contributed by atoms with van der Waals surface area (Å²) >= 11 is 7.05. The van der Waals surface area contributed by atoms with E-state index in [9.17, 15) is 31.9 Å². The van der Waals surface area contributed by atoms with Crippen molar-refractivity contribution in [2.24, 2.45) is 7.05 Å². The van der Waals surface area contributed by atoms with Crippen LogP contribution in [0.4, 0.5) is 17.6 Å². The lowest BCUT2D eigenvalue weighted by atomic mass is 10.0. The zero-order chi connectivity index (χ0) is 22.2. The lowest BCUT2D eigenvalue weighted by Gasteiger charge is -2.20. The summed E-state index contributed by atoms with van der Waals surface area (Å²) in [5, 5.41) is -0.580. The van der Waals surface area contributed by atoms with Crippen LogP contribution in [0.2, 0.25) is 5.02 Å². The van der Waals surface area contributed by atoms with Crippen molar-refractivity contribution in [3.8, 4) is 5.69 Å². The summed E-state index contributed by atoms with van der Waals surface area (Å²) in [5.41, 5.74) is -4.98. The second kappa shape index (κ2) is 8.58. The van der Waals surface area contributed by atoms with Crippen molar-refractivity contribution in [2.45, 2.75) is 43.5 Å². The van der Waals surface area contributed by atoms with Gasteiger partial charge in [0.05, 0.1) is 10.7 Å². The Hall–Kier alpha value is -2.07. The van der Waals surface area contributed by atoms with Gasteiger partial charge in [-0.2, -0.15) is 13.2 Å². The summed E-state index contributed by atoms with van der Waals surface area (Å²) < 4.78 is 54.0. The molecular weight excluding hydrogens is 448 g/mol. The van der Waals surface area contributed by atoms with Gasteiger partial charge in [0, 0.05) is 23.9 Å². The first-order valence-corrected chi connectivity index (χ1v) is 10.4. The van der Waals surface area contributed by atoms with Gasteiger partial charge in [-0.25, -0.2) is 13.8 Å². The van der Waals surface area contributed by atoms with Crippen molar-refractivity contribution in [3.05, 3.63) is 61.1 Å². The molecule has 1 aliphatic carbocycles. The molecule has 2 aromatic rings. The van der Waals surface area contributed by atoms with Crippen LogP contribution in [-0.2, 0) is 13.2 Å². The van der Waals surface area contributed by atoms with Crippen LogP contribution in [0.15, 0.2) is 27.8 Å². The van der Waals surface area contributed by atoms with Crippen LogP contribution < -0.4 is 11.2 Å². The van der Waals surface area contributed by atoms with Gasteiger partial charge < -0.3 is 0 Å². The van der Waals surface area contributed by atoms with Gasteiger partial charge in [0.15, 0.2) is 0 Å². The van der Waals surface area contributed by atoms with E-state index in [4.69, 9.17) is 11.6 Å². The van der Waals surface area contributed by atoms with Crippen LogP contribution in [0.25, 0.3) is 5.69 Å². The highest BCUT2D eigenvalue weighted by Crippen LogP contribution is 2.33. The third-order valence-corrected chi connectivity index (χ3v) is 6.49. The Balaban J connectivity index is 2.08. The Kier molecular flexibility index (Phi) is 6.47. The molecule has 5 nitrogen and oxygen atoms in total. The Bertz CT molecular complexity index is 1100. The summed E-state index contributed by atoms with van der Waals surface area (Å²) in [7, 11) is 0.819. The average Bonchev–Trinajstić information content (AvgIpc) is 2.66. The maximum absolute atomic E-state index is 14.5. The highest BCUT2D eigenvalue weighted by molar-refractivity contribution is 8.14. The fourth-order valence-electron chi connectivity index (χ4n) is 3.38. The fourth-order valence-corrected chi connectivity index (χ4v) is 4.84. The van der Waals surface area contributed by atoms with Crippen molar-refractivity contribution >= 4 is 28.5 Å². The number of aromatic nitrogens is 2.